The van der Waals surface area contributed by atoms with E-state index in [1.165, 1.54) is 12.8 Å². The molecule has 1 amide bonds. The van der Waals surface area contributed by atoms with Gasteiger partial charge in [0.2, 0.25) is 5.91 Å². The number of carbonyl (C=O) groups excluding carboxylic acids is 1. The molecule has 0 unspecified atom stereocenters. The zero-order valence-electron chi connectivity index (χ0n) is 15.6. The molecule has 3 heterocycles. The number of nitrogens with zero attached hydrogens (tertiary/aromatic N) is 3. The van der Waals surface area contributed by atoms with E-state index in [0.717, 1.165) is 49.4 Å². The Morgan fingerprint density at radius 1 is 1.25 bits per heavy atom. The maximum absolute atomic E-state index is 12.6. The molecule has 5 heteroatoms. The predicted octanol–water partition coefficient (Wildman–Crippen LogP) is 3.44. The number of carbonyl (C=O) groups is 1. The molecule has 5 nitrogen and oxygen atoms in total. The van der Waals surface area contributed by atoms with E-state index >= 15 is 0 Å². The third-order valence-corrected chi connectivity index (χ3v) is 6.34. The Balaban J connectivity index is 1.79. The first-order valence-corrected chi connectivity index (χ1v) is 9.43. The van der Waals surface area contributed by atoms with Gasteiger partial charge in [0.1, 0.15) is 5.76 Å². The van der Waals surface area contributed by atoms with Crippen molar-refractivity contribution in [1.82, 2.24) is 15.0 Å². The summed E-state index contributed by atoms with van der Waals surface area (Å²) in [6.07, 6.45) is 6.27. The van der Waals surface area contributed by atoms with E-state index in [1.54, 1.807) is 0 Å². The highest BCUT2D eigenvalue weighted by atomic mass is 16.5. The maximum atomic E-state index is 12.6. The molecule has 0 saturated carbocycles. The van der Waals surface area contributed by atoms with Gasteiger partial charge in [-0.05, 0) is 59.4 Å². The molecule has 0 N–H and O–H groups in total. The normalized spacial score (nSPS) is 27.0. The first kappa shape index (κ1) is 17.5. The van der Waals surface area contributed by atoms with E-state index in [1.807, 2.05) is 13.8 Å². The molecule has 2 fully saturated rings. The standard InChI is InChI=1S/C19H31N3O2/c1-5-14(2)21-11-6-8-19(10-12-21)9-7-18(23)22(19)13-17-15(3)20-24-16(17)4/h14H,5-13H2,1-4H3/t14-,19+/m0/s1. The van der Waals surface area contributed by atoms with E-state index in [4.69, 9.17) is 4.52 Å². The van der Waals surface area contributed by atoms with Crippen LogP contribution in [0.2, 0.25) is 0 Å². The van der Waals surface area contributed by atoms with E-state index in [0.29, 0.717) is 24.9 Å². The second-order valence-electron chi connectivity index (χ2n) is 7.65. The zero-order chi connectivity index (χ0) is 17.3. The molecule has 2 aliphatic heterocycles. The number of hydrogen-bond acceptors (Lipinski definition) is 4. The fourth-order valence-corrected chi connectivity index (χ4v) is 4.43. The van der Waals surface area contributed by atoms with Crippen LogP contribution in [-0.2, 0) is 11.3 Å². The van der Waals surface area contributed by atoms with Crippen LogP contribution in [0.15, 0.2) is 4.52 Å². The van der Waals surface area contributed by atoms with Crippen LogP contribution in [0.4, 0.5) is 0 Å². The van der Waals surface area contributed by atoms with Crippen LogP contribution < -0.4 is 0 Å². The molecule has 1 aromatic heterocycles. The van der Waals surface area contributed by atoms with Gasteiger partial charge in [-0.15, -0.1) is 0 Å². The molecule has 24 heavy (non-hydrogen) atoms. The molecule has 2 atom stereocenters. The number of likely N-dealkylation sites (tertiary alicyclic amines) is 2. The van der Waals surface area contributed by atoms with E-state index < -0.39 is 0 Å². The summed E-state index contributed by atoms with van der Waals surface area (Å²) in [5.74, 6) is 1.14. The molecular weight excluding hydrogens is 302 g/mol. The summed E-state index contributed by atoms with van der Waals surface area (Å²) in [7, 11) is 0. The predicted molar refractivity (Wildman–Crippen MR) is 93.7 cm³/mol. The molecule has 2 aliphatic rings. The van der Waals surface area contributed by atoms with Gasteiger partial charge in [-0.25, -0.2) is 0 Å². The van der Waals surface area contributed by atoms with Crippen LogP contribution >= 0.6 is 0 Å². The van der Waals surface area contributed by atoms with Gasteiger partial charge in [0, 0.05) is 30.1 Å². The molecule has 134 valence electrons. The van der Waals surface area contributed by atoms with Gasteiger partial charge in [-0.1, -0.05) is 12.1 Å². The molecule has 0 bridgehead atoms. The van der Waals surface area contributed by atoms with Gasteiger partial charge < -0.3 is 14.3 Å². The Kier molecular flexibility index (Phi) is 5.00. The van der Waals surface area contributed by atoms with Crippen LogP contribution in [-0.4, -0.2) is 45.5 Å². The Labute approximate surface area is 145 Å². The topological polar surface area (TPSA) is 49.6 Å². The van der Waals surface area contributed by atoms with Crippen molar-refractivity contribution in [2.75, 3.05) is 13.1 Å². The number of hydrogen-bond donors (Lipinski definition) is 0. The SMILES string of the molecule is CC[C@H](C)N1CCC[C@@]2(CCC(=O)N2Cc2c(C)noc2C)CC1. The highest BCUT2D eigenvalue weighted by molar-refractivity contribution is 5.79. The summed E-state index contributed by atoms with van der Waals surface area (Å²) in [5.41, 5.74) is 2.04. The van der Waals surface area contributed by atoms with E-state index in [2.05, 4.69) is 28.8 Å². The summed E-state index contributed by atoms with van der Waals surface area (Å²) >= 11 is 0. The first-order valence-electron chi connectivity index (χ1n) is 9.43. The van der Waals surface area contributed by atoms with Crippen molar-refractivity contribution < 1.29 is 9.32 Å². The van der Waals surface area contributed by atoms with Gasteiger partial charge in [-0.3, -0.25) is 4.79 Å². The Bertz CT molecular complexity index is 578. The van der Waals surface area contributed by atoms with Crippen molar-refractivity contribution in [3.05, 3.63) is 17.0 Å². The number of amides is 1. The number of rotatable bonds is 4. The minimum atomic E-state index is 0.0371. The highest BCUT2D eigenvalue weighted by Gasteiger charge is 2.46. The molecule has 0 aliphatic carbocycles. The summed E-state index contributed by atoms with van der Waals surface area (Å²) in [5, 5.41) is 4.06. The zero-order valence-corrected chi connectivity index (χ0v) is 15.6. The Morgan fingerprint density at radius 2 is 2.04 bits per heavy atom. The van der Waals surface area contributed by atoms with Gasteiger partial charge in [0.25, 0.3) is 0 Å². The van der Waals surface area contributed by atoms with Crippen molar-refractivity contribution in [3.8, 4) is 0 Å². The second kappa shape index (κ2) is 6.87. The largest absolute Gasteiger partial charge is 0.361 e. The van der Waals surface area contributed by atoms with Crippen molar-refractivity contribution in [3.63, 3.8) is 0 Å². The monoisotopic (exact) mass is 333 g/mol. The van der Waals surface area contributed by atoms with Crippen molar-refractivity contribution in [2.45, 2.75) is 84.3 Å². The van der Waals surface area contributed by atoms with Crippen LogP contribution in [0, 0.1) is 13.8 Å². The van der Waals surface area contributed by atoms with Crippen LogP contribution in [0.3, 0.4) is 0 Å². The number of aryl methyl sites for hydroxylation is 2. The maximum Gasteiger partial charge on any atom is 0.223 e. The average molecular weight is 333 g/mol. The van der Waals surface area contributed by atoms with Crippen LogP contribution in [0.25, 0.3) is 0 Å². The fourth-order valence-electron chi connectivity index (χ4n) is 4.43. The molecule has 0 aromatic carbocycles. The molecule has 0 radical (unpaired) electrons. The van der Waals surface area contributed by atoms with Crippen molar-refractivity contribution in [2.24, 2.45) is 0 Å². The smallest absolute Gasteiger partial charge is 0.223 e. The average Bonchev–Trinajstić information content (AvgIpc) is 2.94. The number of aromatic nitrogens is 1. The van der Waals surface area contributed by atoms with Gasteiger partial charge in [0.05, 0.1) is 12.2 Å². The lowest BCUT2D eigenvalue weighted by Gasteiger charge is -2.38. The van der Waals surface area contributed by atoms with Crippen LogP contribution in [0.1, 0.15) is 69.4 Å². The fraction of sp³-hybridized carbons (Fsp3) is 0.789. The molecule has 2 saturated heterocycles. The van der Waals surface area contributed by atoms with Crippen molar-refractivity contribution >= 4 is 5.91 Å². The summed E-state index contributed by atoms with van der Waals surface area (Å²) in [6.45, 7) is 11.4. The Hall–Kier alpha value is -1.36. The van der Waals surface area contributed by atoms with Gasteiger partial charge in [-0.2, -0.15) is 0 Å². The third kappa shape index (κ3) is 3.10. The summed E-state index contributed by atoms with van der Waals surface area (Å²) in [4.78, 5) is 17.4. The lowest BCUT2D eigenvalue weighted by Crippen LogP contribution is -2.46. The molecule has 1 spiro atoms. The Morgan fingerprint density at radius 3 is 2.71 bits per heavy atom. The molecule has 3 rings (SSSR count). The van der Waals surface area contributed by atoms with E-state index in [-0.39, 0.29) is 5.54 Å². The quantitative estimate of drug-likeness (QED) is 0.847. The van der Waals surface area contributed by atoms with Gasteiger partial charge >= 0.3 is 0 Å². The molecule has 1 aromatic rings. The van der Waals surface area contributed by atoms with E-state index in [9.17, 15) is 4.79 Å². The van der Waals surface area contributed by atoms with Crippen LogP contribution in [0.5, 0.6) is 0 Å². The minimum absolute atomic E-state index is 0.0371. The lowest BCUT2D eigenvalue weighted by atomic mass is 9.87. The first-order chi connectivity index (χ1) is 11.5. The summed E-state index contributed by atoms with van der Waals surface area (Å²) < 4.78 is 5.31. The van der Waals surface area contributed by atoms with Crippen molar-refractivity contribution in [1.29, 1.82) is 0 Å². The summed E-state index contributed by atoms with van der Waals surface area (Å²) in [6, 6.07) is 0.633. The highest BCUT2D eigenvalue weighted by Crippen LogP contribution is 2.40. The third-order valence-electron chi connectivity index (χ3n) is 6.34. The molecular formula is C19H31N3O2. The lowest BCUT2D eigenvalue weighted by molar-refractivity contribution is -0.132. The second-order valence-corrected chi connectivity index (χ2v) is 7.65. The van der Waals surface area contributed by atoms with Gasteiger partial charge in [0.15, 0.2) is 0 Å². The minimum Gasteiger partial charge on any atom is -0.361 e.